The summed E-state index contributed by atoms with van der Waals surface area (Å²) in [6.07, 6.45) is 11.2. The van der Waals surface area contributed by atoms with Crippen LogP contribution in [0, 0.1) is 18.3 Å². The number of hydrogen-bond acceptors (Lipinski definition) is 2. The molecule has 0 radical (unpaired) electrons. The predicted molar refractivity (Wildman–Crippen MR) is 65.9 cm³/mol. The summed E-state index contributed by atoms with van der Waals surface area (Å²) >= 11 is 0. The molecule has 0 spiro atoms. The van der Waals surface area contributed by atoms with E-state index in [9.17, 15) is 4.79 Å². The first-order valence-corrected chi connectivity index (χ1v) is 6.21. The molecule has 0 aliphatic heterocycles. The Bertz CT molecular complexity index is 257. The quantitative estimate of drug-likeness (QED) is 0.544. The maximum absolute atomic E-state index is 11.6. The maximum Gasteiger partial charge on any atom is 0.234 e. The molecule has 2 N–H and O–H groups in total. The van der Waals surface area contributed by atoms with Crippen LogP contribution in [0.1, 0.15) is 39.0 Å². The van der Waals surface area contributed by atoms with E-state index in [2.05, 4.69) is 23.5 Å². The van der Waals surface area contributed by atoms with Gasteiger partial charge < -0.3 is 5.32 Å². The predicted octanol–water partition coefficient (Wildman–Crippen LogP) is 1.29. The lowest BCUT2D eigenvalue weighted by Crippen LogP contribution is -2.45. The van der Waals surface area contributed by atoms with E-state index in [0.29, 0.717) is 25.0 Å². The molecule has 1 rings (SSSR count). The largest absolute Gasteiger partial charge is 0.352 e. The third kappa shape index (κ3) is 4.24. The van der Waals surface area contributed by atoms with Crippen molar-refractivity contribution in [1.29, 1.82) is 0 Å². The summed E-state index contributed by atoms with van der Waals surface area (Å²) < 4.78 is 0. The SMILES string of the molecule is C#CCNCC(=O)NC1CCCCC1CC. The molecule has 0 aromatic rings. The Hall–Kier alpha value is -1.01. The van der Waals surface area contributed by atoms with Gasteiger partial charge in [-0.15, -0.1) is 6.42 Å². The molecule has 0 heterocycles. The van der Waals surface area contributed by atoms with Gasteiger partial charge in [-0.3, -0.25) is 10.1 Å². The van der Waals surface area contributed by atoms with E-state index in [-0.39, 0.29) is 5.91 Å². The van der Waals surface area contributed by atoms with Crippen LogP contribution in [0.2, 0.25) is 0 Å². The summed E-state index contributed by atoms with van der Waals surface area (Å²) in [6.45, 7) is 2.98. The van der Waals surface area contributed by atoms with Crippen LogP contribution in [0.3, 0.4) is 0 Å². The summed E-state index contributed by atoms with van der Waals surface area (Å²) in [7, 11) is 0. The first-order valence-electron chi connectivity index (χ1n) is 6.21. The molecule has 2 unspecified atom stereocenters. The molecule has 2 atom stereocenters. The van der Waals surface area contributed by atoms with Gasteiger partial charge in [-0.1, -0.05) is 32.1 Å². The zero-order valence-corrected chi connectivity index (χ0v) is 10.1. The van der Waals surface area contributed by atoms with Gasteiger partial charge >= 0.3 is 0 Å². The summed E-state index contributed by atoms with van der Waals surface area (Å²) in [5, 5.41) is 6.02. The summed E-state index contributed by atoms with van der Waals surface area (Å²) in [5.41, 5.74) is 0. The Labute approximate surface area is 98.4 Å². The average Bonchev–Trinajstić information content (AvgIpc) is 2.30. The minimum atomic E-state index is 0.0700. The van der Waals surface area contributed by atoms with E-state index in [1.54, 1.807) is 0 Å². The Morgan fingerprint density at radius 3 is 2.88 bits per heavy atom. The van der Waals surface area contributed by atoms with Crippen LogP contribution in [0.5, 0.6) is 0 Å². The second kappa shape index (κ2) is 7.29. The lowest BCUT2D eigenvalue weighted by atomic mass is 9.83. The highest BCUT2D eigenvalue weighted by Crippen LogP contribution is 2.26. The van der Waals surface area contributed by atoms with Crippen LogP contribution in [-0.4, -0.2) is 25.0 Å². The third-order valence-corrected chi connectivity index (χ3v) is 3.29. The molecule has 1 aliphatic carbocycles. The highest BCUT2D eigenvalue weighted by Gasteiger charge is 2.24. The fraction of sp³-hybridized carbons (Fsp3) is 0.769. The number of amides is 1. The standard InChI is InChI=1S/C13H22N2O/c1-3-9-14-10-13(16)15-12-8-6-5-7-11(12)4-2/h1,11-12,14H,4-10H2,2H3,(H,15,16). The molecule has 1 fully saturated rings. The van der Waals surface area contributed by atoms with Gasteiger partial charge in [-0.2, -0.15) is 0 Å². The van der Waals surface area contributed by atoms with Crippen molar-refractivity contribution in [3.8, 4) is 12.3 Å². The number of carbonyl (C=O) groups excluding carboxylic acids is 1. The molecule has 3 heteroatoms. The molecule has 3 nitrogen and oxygen atoms in total. The fourth-order valence-corrected chi connectivity index (χ4v) is 2.39. The minimum absolute atomic E-state index is 0.0700. The van der Waals surface area contributed by atoms with E-state index >= 15 is 0 Å². The number of terminal acetylenes is 1. The molecule has 1 amide bonds. The summed E-state index contributed by atoms with van der Waals surface area (Å²) in [4.78, 5) is 11.6. The van der Waals surface area contributed by atoms with Crippen LogP contribution >= 0.6 is 0 Å². The second-order valence-corrected chi connectivity index (χ2v) is 4.43. The van der Waals surface area contributed by atoms with Crippen LogP contribution < -0.4 is 10.6 Å². The van der Waals surface area contributed by atoms with Crippen LogP contribution in [-0.2, 0) is 4.79 Å². The van der Waals surface area contributed by atoms with Gasteiger partial charge in [0.05, 0.1) is 13.1 Å². The van der Waals surface area contributed by atoms with Crippen molar-refractivity contribution in [2.24, 2.45) is 5.92 Å². The lowest BCUT2D eigenvalue weighted by molar-refractivity contribution is -0.121. The van der Waals surface area contributed by atoms with E-state index in [4.69, 9.17) is 6.42 Å². The Morgan fingerprint density at radius 1 is 1.44 bits per heavy atom. The number of nitrogens with one attached hydrogen (secondary N) is 2. The highest BCUT2D eigenvalue weighted by atomic mass is 16.1. The van der Waals surface area contributed by atoms with Crippen molar-refractivity contribution in [2.75, 3.05) is 13.1 Å². The topological polar surface area (TPSA) is 41.1 Å². The van der Waals surface area contributed by atoms with Crippen molar-refractivity contribution >= 4 is 5.91 Å². The van der Waals surface area contributed by atoms with E-state index in [1.165, 1.54) is 19.3 Å². The van der Waals surface area contributed by atoms with Gasteiger partial charge in [0.1, 0.15) is 0 Å². The van der Waals surface area contributed by atoms with E-state index < -0.39 is 0 Å². The lowest BCUT2D eigenvalue weighted by Gasteiger charge is -2.31. The van der Waals surface area contributed by atoms with Crippen LogP contribution in [0.25, 0.3) is 0 Å². The van der Waals surface area contributed by atoms with Crippen molar-refractivity contribution in [2.45, 2.75) is 45.1 Å². The minimum Gasteiger partial charge on any atom is -0.352 e. The second-order valence-electron chi connectivity index (χ2n) is 4.43. The van der Waals surface area contributed by atoms with E-state index in [1.807, 2.05) is 0 Å². The molecule has 1 aliphatic rings. The normalized spacial score (nSPS) is 24.8. The van der Waals surface area contributed by atoms with Crippen molar-refractivity contribution in [3.05, 3.63) is 0 Å². The molecular formula is C13H22N2O. The van der Waals surface area contributed by atoms with Gasteiger partial charge in [0.25, 0.3) is 0 Å². The van der Waals surface area contributed by atoms with Crippen molar-refractivity contribution in [3.63, 3.8) is 0 Å². The zero-order valence-electron chi connectivity index (χ0n) is 10.1. The fourth-order valence-electron chi connectivity index (χ4n) is 2.39. The van der Waals surface area contributed by atoms with Gasteiger partial charge in [-0.25, -0.2) is 0 Å². The smallest absolute Gasteiger partial charge is 0.234 e. The number of carbonyl (C=O) groups is 1. The average molecular weight is 222 g/mol. The summed E-state index contributed by atoms with van der Waals surface area (Å²) in [5.74, 6) is 3.18. The highest BCUT2D eigenvalue weighted by molar-refractivity contribution is 5.78. The molecule has 1 saturated carbocycles. The van der Waals surface area contributed by atoms with Gasteiger partial charge in [0, 0.05) is 6.04 Å². The first kappa shape index (κ1) is 13.1. The van der Waals surface area contributed by atoms with Crippen LogP contribution in [0.4, 0.5) is 0 Å². The maximum atomic E-state index is 11.6. The molecule has 0 aromatic heterocycles. The Balaban J connectivity index is 2.28. The molecule has 90 valence electrons. The van der Waals surface area contributed by atoms with Crippen molar-refractivity contribution < 1.29 is 4.79 Å². The molecule has 16 heavy (non-hydrogen) atoms. The zero-order chi connectivity index (χ0) is 11.8. The monoisotopic (exact) mass is 222 g/mol. The van der Waals surface area contributed by atoms with Crippen molar-refractivity contribution in [1.82, 2.24) is 10.6 Å². The summed E-state index contributed by atoms with van der Waals surface area (Å²) in [6, 6.07) is 0.374. The van der Waals surface area contributed by atoms with Gasteiger partial charge in [0.15, 0.2) is 0 Å². The third-order valence-electron chi connectivity index (χ3n) is 3.29. The van der Waals surface area contributed by atoms with Gasteiger partial charge in [0.2, 0.25) is 5.91 Å². The first-order chi connectivity index (χ1) is 7.77. The number of rotatable bonds is 5. The van der Waals surface area contributed by atoms with E-state index in [0.717, 1.165) is 12.8 Å². The van der Waals surface area contributed by atoms with Gasteiger partial charge in [-0.05, 0) is 18.8 Å². The molecule has 0 aromatic carbocycles. The Morgan fingerprint density at radius 2 is 2.19 bits per heavy atom. The molecule has 0 saturated heterocycles. The Kier molecular flexibility index (Phi) is 5.95. The van der Waals surface area contributed by atoms with Crippen LogP contribution in [0.15, 0.2) is 0 Å². The molecule has 0 bridgehead atoms. The number of hydrogen-bond donors (Lipinski definition) is 2. The molecular weight excluding hydrogens is 200 g/mol.